The lowest BCUT2D eigenvalue weighted by atomic mass is 9.98. The molecule has 0 radical (unpaired) electrons. The summed E-state index contributed by atoms with van der Waals surface area (Å²) in [6.07, 6.45) is 6.16. The maximum atomic E-state index is 6.11. The maximum Gasteiger partial charge on any atom is 0.174 e. The Morgan fingerprint density at radius 2 is 1.82 bits per heavy atom. The summed E-state index contributed by atoms with van der Waals surface area (Å²) in [7, 11) is 0. The van der Waals surface area contributed by atoms with Crippen LogP contribution in [0.3, 0.4) is 0 Å². The molecule has 0 saturated carbocycles. The molecule has 1 saturated heterocycles. The minimum Gasteiger partial charge on any atom is -0.351 e. The molecule has 144 valence electrons. The van der Waals surface area contributed by atoms with Gasteiger partial charge in [0.1, 0.15) is 0 Å². The summed E-state index contributed by atoms with van der Waals surface area (Å²) < 4.78 is 2.24. The molecular formula is C22H23ClN4S. The molecule has 1 aromatic carbocycles. The normalized spacial score (nSPS) is 19.7. The first-order valence-corrected chi connectivity index (χ1v) is 10.1. The Labute approximate surface area is 176 Å². The van der Waals surface area contributed by atoms with Crippen LogP contribution in [0.1, 0.15) is 44.1 Å². The maximum absolute atomic E-state index is 6.11. The van der Waals surface area contributed by atoms with Gasteiger partial charge in [-0.3, -0.25) is 4.98 Å². The smallest absolute Gasteiger partial charge is 0.174 e. The van der Waals surface area contributed by atoms with Crippen LogP contribution in [0.4, 0.5) is 5.69 Å². The quantitative estimate of drug-likeness (QED) is 0.580. The molecule has 0 bridgehead atoms. The highest BCUT2D eigenvalue weighted by Crippen LogP contribution is 2.42. The predicted octanol–water partition coefficient (Wildman–Crippen LogP) is 5.47. The van der Waals surface area contributed by atoms with E-state index in [4.69, 9.17) is 23.8 Å². The van der Waals surface area contributed by atoms with Gasteiger partial charge in [-0.2, -0.15) is 0 Å². The van der Waals surface area contributed by atoms with E-state index >= 15 is 0 Å². The number of aromatic nitrogens is 2. The summed E-state index contributed by atoms with van der Waals surface area (Å²) in [6.45, 7) is 6.59. The fourth-order valence-electron chi connectivity index (χ4n) is 3.58. The predicted molar refractivity (Wildman–Crippen MR) is 119 cm³/mol. The lowest BCUT2D eigenvalue weighted by Gasteiger charge is -2.28. The van der Waals surface area contributed by atoms with Crippen LogP contribution in [0.5, 0.6) is 0 Å². The van der Waals surface area contributed by atoms with Crippen LogP contribution < -0.4 is 10.2 Å². The number of anilines is 1. The lowest BCUT2D eigenvalue weighted by Crippen LogP contribution is -2.29. The van der Waals surface area contributed by atoms with E-state index in [2.05, 4.69) is 59.0 Å². The summed E-state index contributed by atoms with van der Waals surface area (Å²) in [5, 5.41) is 4.88. The molecule has 0 spiro atoms. The van der Waals surface area contributed by atoms with Gasteiger partial charge in [0.2, 0.25) is 0 Å². The van der Waals surface area contributed by atoms with E-state index in [1.165, 1.54) is 5.56 Å². The number of pyridine rings is 1. The largest absolute Gasteiger partial charge is 0.351 e. The van der Waals surface area contributed by atoms with Crippen LogP contribution in [0, 0.1) is 0 Å². The number of benzene rings is 1. The van der Waals surface area contributed by atoms with E-state index < -0.39 is 0 Å². The molecule has 1 fully saturated rings. The second-order valence-electron chi connectivity index (χ2n) is 8.00. The molecule has 2 aromatic heterocycles. The number of halogens is 1. The molecule has 4 nitrogen and oxygen atoms in total. The molecule has 4 rings (SSSR count). The first kappa shape index (κ1) is 19.0. The van der Waals surface area contributed by atoms with Crippen LogP contribution >= 0.6 is 23.8 Å². The molecule has 0 amide bonds. The van der Waals surface area contributed by atoms with Gasteiger partial charge >= 0.3 is 0 Å². The van der Waals surface area contributed by atoms with E-state index in [1.54, 1.807) is 0 Å². The third kappa shape index (κ3) is 3.52. The Bertz CT molecular complexity index is 976. The summed E-state index contributed by atoms with van der Waals surface area (Å²) in [5.41, 5.74) is 3.17. The molecule has 0 unspecified atom stereocenters. The van der Waals surface area contributed by atoms with Crippen molar-refractivity contribution in [1.29, 1.82) is 0 Å². The lowest BCUT2D eigenvalue weighted by molar-refractivity contribution is 0.397. The fourth-order valence-corrected chi connectivity index (χ4v) is 4.05. The number of nitrogens with one attached hydrogen (secondary N) is 1. The molecule has 3 aromatic rings. The molecule has 1 aliphatic heterocycles. The summed E-state index contributed by atoms with van der Waals surface area (Å²) in [4.78, 5) is 6.75. The summed E-state index contributed by atoms with van der Waals surface area (Å²) in [6, 6.07) is 15.9. The van der Waals surface area contributed by atoms with Gasteiger partial charge in [0.25, 0.3) is 0 Å². The number of hydrogen-bond acceptors (Lipinski definition) is 2. The Kier molecular flexibility index (Phi) is 4.89. The van der Waals surface area contributed by atoms with Crippen LogP contribution in [0.2, 0.25) is 5.02 Å². The van der Waals surface area contributed by atoms with Gasteiger partial charge < -0.3 is 14.8 Å². The Morgan fingerprint density at radius 1 is 1.07 bits per heavy atom. The molecule has 0 aliphatic carbocycles. The van der Waals surface area contributed by atoms with Crippen molar-refractivity contribution in [3.8, 4) is 0 Å². The van der Waals surface area contributed by atoms with Crippen LogP contribution in [-0.4, -0.2) is 14.7 Å². The monoisotopic (exact) mass is 410 g/mol. The van der Waals surface area contributed by atoms with E-state index in [1.807, 2.05) is 48.7 Å². The van der Waals surface area contributed by atoms with E-state index in [0.29, 0.717) is 10.1 Å². The topological polar surface area (TPSA) is 33.1 Å². The van der Waals surface area contributed by atoms with Crippen molar-refractivity contribution < 1.29 is 0 Å². The third-order valence-corrected chi connectivity index (χ3v) is 5.60. The number of thiocarbonyl (C=S) groups is 1. The Morgan fingerprint density at radius 3 is 2.43 bits per heavy atom. The van der Waals surface area contributed by atoms with Crippen molar-refractivity contribution in [1.82, 2.24) is 14.9 Å². The van der Waals surface area contributed by atoms with Crippen LogP contribution in [-0.2, 0) is 5.54 Å². The number of rotatable bonds is 3. The molecule has 28 heavy (non-hydrogen) atoms. The van der Waals surface area contributed by atoms with Crippen molar-refractivity contribution >= 4 is 34.6 Å². The molecule has 3 heterocycles. The first-order valence-electron chi connectivity index (χ1n) is 9.29. The molecular weight excluding hydrogens is 388 g/mol. The zero-order valence-corrected chi connectivity index (χ0v) is 17.7. The first-order chi connectivity index (χ1) is 13.3. The molecule has 1 N–H and O–H groups in total. The van der Waals surface area contributed by atoms with Crippen molar-refractivity contribution in [2.24, 2.45) is 0 Å². The van der Waals surface area contributed by atoms with Gasteiger partial charge in [-0.05, 0) is 81.0 Å². The van der Waals surface area contributed by atoms with Gasteiger partial charge in [-0.1, -0.05) is 17.7 Å². The highest BCUT2D eigenvalue weighted by atomic mass is 35.5. The zero-order chi connectivity index (χ0) is 19.9. The molecule has 1 aliphatic rings. The Hall–Kier alpha value is -2.37. The second kappa shape index (κ2) is 7.22. The SMILES string of the molecule is CC(C)(C)n1ccc([C@H]2[C@@H](c3ccccn3)NC(=S)N2c2ccc(Cl)cc2)c1. The van der Waals surface area contributed by atoms with Gasteiger partial charge in [0.15, 0.2) is 5.11 Å². The zero-order valence-electron chi connectivity index (χ0n) is 16.1. The van der Waals surface area contributed by atoms with Crippen LogP contribution in [0.15, 0.2) is 67.1 Å². The van der Waals surface area contributed by atoms with Gasteiger partial charge in [-0.25, -0.2) is 0 Å². The van der Waals surface area contributed by atoms with E-state index in [0.717, 1.165) is 11.4 Å². The standard InChI is InChI=1S/C22H23ClN4S/c1-22(2,3)26-13-11-15(14-26)20-19(18-6-4-5-12-24-18)25-21(28)27(20)17-9-7-16(23)8-10-17/h4-14,19-20H,1-3H3,(H,25,28)/t19-,20+/m1/s1. The minimum absolute atomic E-state index is 0.00724. The van der Waals surface area contributed by atoms with Crippen molar-refractivity contribution in [2.75, 3.05) is 4.90 Å². The summed E-state index contributed by atoms with van der Waals surface area (Å²) >= 11 is 11.8. The number of hydrogen-bond donors (Lipinski definition) is 1. The van der Waals surface area contributed by atoms with Gasteiger partial charge in [0.05, 0.1) is 17.8 Å². The van der Waals surface area contributed by atoms with E-state index in [9.17, 15) is 0 Å². The highest BCUT2D eigenvalue weighted by molar-refractivity contribution is 7.80. The third-order valence-electron chi connectivity index (χ3n) is 5.03. The van der Waals surface area contributed by atoms with Crippen molar-refractivity contribution in [3.05, 3.63) is 83.4 Å². The van der Waals surface area contributed by atoms with E-state index in [-0.39, 0.29) is 17.6 Å². The average Bonchev–Trinajstić information content (AvgIpc) is 3.28. The van der Waals surface area contributed by atoms with Gasteiger partial charge in [0, 0.05) is 34.8 Å². The molecule has 2 atom stereocenters. The minimum atomic E-state index is -0.0415. The second-order valence-corrected chi connectivity index (χ2v) is 8.82. The summed E-state index contributed by atoms with van der Waals surface area (Å²) in [5.74, 6) is 0. The molecule has 6 heteroatoms. The van der Waals surface area contributed by atoms with Crippen LogP contribution in [0.25, 0.3) is 0 Å². The fraction of sp³-hybridized carbons (Fsp3) is 0.273. The average molecular weight is 411 g/mol. The highest BCUT2D eigenvalue weighted by Gasteiger charge is 2.41. The number of nitrogens with zero attached hydrogens (tertiary/aromatic N) is 3. The Balaban J connectivity index is 1.81. The van der Waals surface area contributed by atoms with Crippen molar-refractivity contribution in [3.63, 3.8) is 0 Å². The van der Waals surface area contributed by atoms with Crippen molar-refractivity contribution in [2.45, 2.75) is 38.4 Å². The van der Waals surface area contributed by atoms with Gasteiger partial charge in [-0.15, -0.1) is 0 Å².